The summed E-state index contributed by atoms with van der Waals surface area (Å²) < 4.78 is 37.8. The van der Waals surface area contributed by atoms with Gasteiger partial charge in [-0.05, 0) is 89.7 Å². The number of likely N-dealkylation sites (N-methyl/N-ethyl adjacent to an activating group) is 1. The van der Waals surface area contributed by atoms with Crippen LogP contribution in [-0.4, -0.2) is 66.9 Å². The Balaban J connectivity index is 1.03. The summed E-state index contributed by atoms with van der Waals surface area (Å²) in [4.78, 5) is 61.7. The minimum atomic E-state index is -0.752. The molecule has 4 unspecified atom stereocenters. The predicted molar refractivity (Wildman–Crippen MR) is 292 cm³/mol. The zero-order chi connectivity index (χ0) is 53.1. The third-order valence-corrected chi connectivity index (χ3v) is 14.2. The molecule has 2 bridgehead atoms. The highest BCUT2D eigenvalue weighted by molar-refractivity contribution is 6.19. The van der Waals surface area contributed by atoms with E-state index < -0.39 is 29.9 Å². The second kappa shape index (κ2) is 24.1. The minimum Gasteiger partial charge on any atom is -0.496 e. The lowest BCUT2D eigenvalue weighted by Gasteiger charge is -2.42. The van der Waals surface area contributed by atoms with E-state index in [1.165, 1.54) is 25.3 Å². The van der Waals surface area contributed by atoms with Crippen LogP contribution in [0.3, 0.4) is 0 Å². The molecule has 77 heavy (non-hydrogen) atoms. The van der Waals surface area contributed by atoms with Crippen molar-refractivity contribution in [1.29, 1.82) is 0 Å². The van der Waals surface area contributed by atoms with Gasteiger partial charge in [0.25, 0.3) is 5.91 Å². The normalized spacial score (nSPS) is 16.6. The van der Waals surface area contributed by atoms with Crippen LogP contribution in [0.25, 0.3) is 11.1 Å². The van der Waals surface area contributed by atoms with Crippen molar-refractivity contribution in [2.45, 2.75) is 69.9 Å². The second-order valence-electron chi connectivity index (χ2n) is 19.2. The van der Waals surface area contributed by atoms with Crippen LogP contribution >= 0.6 is 0 Å². The monoisotopic (exact) mass is 1030 g/mol. The smallest absolute Gasteiger partial charge is 0.339 e. The number of amides is 1. The summed E-state index contributed by atoms with van der Waals surface area (Å²) >= 11 is 0. The fourth-order valence-corrected chi connectivity index (χ4v) is 10.2. The molecule has 12 heteroatoms. The number of hydrogen-bond donors (Lipinski definition) is 1. The van der Waals surface area contributed by atoms with E-state index in [2.05, 4.69) is 10.2 Å². The average Bonchev–Trinajstić information content (AvgIpc) is 3.78. The van der Waals surface area contributed by atoms with Gasteiger partial charge in [0, 0.05) is 18.5 Å². The number of rotatable bonds is 20. The highest BCUT2D eigenvalue weighted by Crippen LogP contribution is 2.40. The van der Waals surface area contributed by atoms with E-state index >= 15 is 4.79 Å². The number of methoxy groups -OCH3 is 1. The van der Waals surface area contributed by atoms with Crippen LogP contribution in [0.5, 0.6) is 23.0 Å². The number of nitrogens with zero attached hydrogens (tertiary/aromatic N) is 1. The summed E-state index contributed by atoms with van der Waals surface area (Å²) in [7, 11) is 3.57. The van der Waals surface area contributed by atoms with Gasteiger partial charge in [0.1, 0.15) is 61.1 Å². The fraction of sp³-hybridized carbons (Fsp3) is 0.200. The highest BCUT2D eigenvalue weighted by atomic mass is 16.5. The number of piperidine rings is 1. The molecular formula is C65H58N2O10. The molecule has 2 heterocycles. The Morgan fingerprint density at radius 2 is 1.04 bits per heavy atom. The molecule has 2 aliphatic heterocycles. The number of nitrogens with one attached hydrogen (secondary N) is 1. The van der Waals surface area contributed by atoms with E-state index in [9.17, 15) is 14.4 Å². The lowest BCUT2D eigenvalue weighted by molar-refractivity contribution is -0.0183. The van der Waals surface area contributed by atoms with Gasteiger partial charge in [-0.1, -0.05) is 164 Å². The Morgan fingerprint density at radius 3 is 1.60 bits per heavy atom. The summed E-state index contributed by atoms with van der Waals surface area (Å²) in [5, 5.41) is 3.25. The van der Waals surface area contributed by atoms with Crippen molar-refractivity contribution in [1.82, 2.24) is 10.2 Å². The molecule has 0 aliphatic carbocycles. The van der Waals surface area contributed by atoms with E-state index in [1.807, 2.05) is 171 Å². The number of hydrogen-bond acceptors (Lipinski definition) is 11. The first-order chi connectivity index (χ1) is 37.7. The predicted octanol–water partition coefficient (Wildman–Crippen LogP) is 11.9. The Hall–Kier alpha value is -9.00. The van der Waals surface area contributed by atoms with Gasteiger partial charge < -0.3 is 33.7 Å². The maximum Gasteiger partial charge on any atom is 0.339 e. The number of ketones is 1. The van der Waals surface area contributed by atoms with Gasteiger partial charge in [0.05, 0.1) is 35.4 Å². The zero-order valence-electron chi connectivity index (χ0n) is 42.8. The van der Waals surface area contributed by atoms with Crippen LogP contribution in [0, 0.1) is 0 Å². The molecule has 2 saturated heterocycles. The first-order valence-electron chi connectivity index (χ1n) is 25.7. The van der Waals surface area contributed by atoms with Crippen LogP contribution in [-0.2, 0) is 35.9 Å². The lowest BCUT2D eigenvalue weighted by atomic mass is 9.93. The minimum absolute atomic E-state index is 0.00189. The highest BCUT2D eigenvalue weighted by Gasteiger charge is 2.48. The van der Waals surface area contributed by atoms with Crippen molar-refractivity contribution < 1.29 is 47.6 Å². The third kappa shape index (κ3) is 12.1. The van der Waals surface area contributed by atoms with Gasteiger partial charge in [0.15, 0.2) is 0 Å². The van der Waals surface area contributed by atoms with Crippen molar-refractivity contribution >= 4 is 23.6 Å². The van der Waals surface area contributed by atoms with Crippen LogP contribution in [0.4, 0.5) is 0 Å². The van der Waals surface area contributed by atoms with E-state index in [4.69, 9.17) is 28.4 Å². The molecule has 1 N–H and O–H groups in total. The summed E-state index contributed by atoms with van der Waals surface area (Å²) in [5.41, 5.74) is 5.25. The molecule has 1 amide bonds. The van der Waals surface area contributed by atoms with Gasteiger partial charge in [0.2, 0.25) is 5.78 Å². The number of carbonyl (C=O) groups is 4. The molecule has 4 atom stereocenters. The van der Waals surface area contributed by atoms with Gasteiger partial charge in [-0.2, -0.15) is 0 Å². The molecule has 8 aromatic rings. The molecule has 388 valence electrons. The van der Waals surface area contributed by atoms with E-state index in [1.54, 1.807) is 18.2 Å². The van der Waals surface area contributed by atoms with E-state index in [-0.39, 0.29) is 83.9 Å². The Labute approximate surface area is 448 Å². The number of fused-ring (bicyclic) bond motifs is 2. The summed E-state index contributed by atoms with van der Waals surface area (Å²) in [6, 6.07) is 60.0. The van der Waals surface area contributed by atoms with E-state index in [0.717, 1.165) is 46.2 Å². The molecule has 10 rings (SSSR count). The molecule has 8 aromatic carbocycles. The standard InChI is InChI=1S/C65H58N2O10/c1-67-50-32-34-53(67)61(66-63(69)51-33-31-48(35-55(51)72-2)47-27-16-7-17-28-47)58(38-50)77-64(70)49-36-56(74-40-44-21-10-4-11-22-44)60(57(37-49)75-41-45-23-12-5-13-24-45)62(68)59-52(65(71)76-42-46-25-14-6-15-26-46)29-18-30-54(59)73-39-43-19-8-3-9-20-43/h3-31,33,35-37,50,53,58,61H,32,34,38-42H2,1-2H3,(H,66,69). The van der Waals surface area contributed by atoms with Crippen molar-refractivity contribution in [2.24, 2.45) is 0 Å². The first kappa shape index (κ1) is 51.5. The Bertz CT molecular complexity index is 3270. The third-order valence-electron chi connectivity index (χ3n) is 14.2. The van der Waals surface area contributed by atoms with Gasteiger partial charge in [-0.3, -0.25) is 14.5 Å². The van der Waals surface area contributed by atoms with Crippen molar-refractivity contribution in [3.63, 3.8) is 0 Å². The fourth-order valence-electron chi connectivity index (χ4n) is 10.2. The van der Waals surface area contributed by atoms with Crippen molar-refractivity contribution in [3.05, 3.63) is 250 Å². The first-order valence-corrected chi connectivity index (χ1v) is 25.7. The number of ether oxygens (including phenoxy) is 6. The SMILES string of the molecule is COc1cc(-c2ccccc2)ccc1C(=O)NC1C(OC(=O)c2cc(OCc3ccccc3)c(C(=O)c3c(OCc4ccccc4)cccc3C(=O)OCc3ccccc3)c(OCc3ccccc3)c2)CC2CCC1N2C. The molecule has 0 radical (unpaired) electrons. The van der Waals surface area contributed by atoms with Crippen LogP contribution in [0.1, 0.15) is 88.5 Å². The van der Waals surface area contributed by atoms with Gasteiger partial charge in [-0.25, -0.2) is 9.59 Å². The maximum atomic E-state index is 15.8. The number of carbonyl (C=O) groups excluding carboxylic acids is 4. The Kier molecular flexibility index (Phi) is 16.1. The Morgan fingerprint density at radius 1 is 0.506 bits per heavy atom. The van der Waals surface area contributed by atoms with Gasteiger partial charge >= 0.3 is 11.9 Å². The van der Waals surface area contributed by atoms with Gasteiger partial charge in [-0.15, -0.1) is 0 Å². The quantitative estimate of drug-likeness (QED) is 0.0576. The second-order valence-corrected chi connectivity index (χ2v) is 19.2. The van der Waals surface area contributed by atoms with Crippen LogP contribution < -0.4 is 24.3 Å². The molecular weight excluding hydrogens is 969 g/mol. The number of esters is 2. The summed E-state index contributed by atoms with van der Waals surface area (Å²) in [6.07, 6.45) is 1.37. The molecule has 12 nitrogen and oxygen atoms in total. The molecule has 0 saturated carbocycles. The van der Waals surface area contributed by atoms with Crippen molar-refractivity contribution in [3.8, 4) is 34.1 Å². The summed E-state index contributed by atoms with van der Waals surface area (Å²) in [6.45, 7) is 0.0307. The molecule has 0 spiro atoms. The average molecular weight is 1030 g/mol. The number of benzene rings is 8. The van der Waals surface area contributed by atoms with Crippen molar-refractivity contribution in [2.75, 3.05) is 14.2 Å². The maximum absolute atomic E-state index is 15.8. The molecule has 2 aliphatic rings. The molecule has 0 aromatic heterocycles. The lowest BCUT2D eigenvalue weighted by Crippen LogP contribution is -2.60. The topological polar surface area (TPSA) is 139 Å². The summed E-state index contributed by atoms with van der Waals surface area (Å²) in [5.74, 6) is -1.98. The van der Waals surface area contributed by atoms with E-state index in [0.29, 0.717) is 17.7 Å². The molecule has 2 fully saturated rings. The zero-order valence-corrected chi connectivity index (χ0v) is 42.8. The largest absolute Gasteiger partial charge is 0.496 e. The van der Waals surface area contributed by atoms with Crippen LogP contribution in [0.2, 0.25) is 0 Å². The van der Waals surface area contributed by atoms with Crippen LogP contribution in [0.15, 0.2) is 200 Å².